The highest BCUT2D eigenvalue weighted by Crippen LogP contribution is 2.25. The van der Waals surface area contributed by atoms with Crippen LogP contribution in [-0.4, -0.2) is 20.5 Å². The summed E-state index contributed by atoms with van der Waals surface area (Å²) in [6.07, 6.45) is 0.810. The highest BCUT2D eigenvalue weighted by atomic mass is 16.3. The molecule has 0 saturated heterocycles. The largest absolute Gasteiger partial charge is 0.382 e. The summed E-state index contributed by atoms with van der Waals surface area (Å²) < 4.78 is 0. The van der Waals surface area contributed by atoms with Crippen molar-refractivity contribution in [3.63, 3.8) is 0 Å². The second-order valence-electron chi connectivity index (χ2n) is 5.17. The van der Waals surface area contributed by atoms with E-state index in [9.17, 15) is 5.11 Å². The van der Waals surface area contributed by atoms with Gasteiger partial charge in [0.25, 0.3) is 0 Å². The molecule has 2 aromatic rings. The van der Waals surface area contributed by atoms with Crippen molar-refractivity contribution in [1.82, 2.24) is 15.4 Å². The second kappa shape index (κ2) is 4.30. The summed E-state index contributed by atoms with van der Waals surface area (Å²) in [7, 11) is 0. The zero-order chi connectivity index (χ0) is 12.5. The summed E-state index contributed by atoms with van der Waals surface area (Å²) >= 11 is 0. The number of aromatic amines is 1. The summed E-state index contributed by atoms with van der Waals surface area (Å²) in [5.41, 5.74) is 2.73. The van der Waals surface area contributed by atoms with Crippen LogP contribution in [0.25, 0.3) is 0 Å². The maximum atomic E-state index is 10.1. The van der Waals surface area contributed by atoms with Crippen LogP contribution >= 0.6 is 0 Å². The van der Waals surface area contributed by atoms with E-state index in [1.54, 1.807) is 0 Å². The Morgan fingerprint density at radius 2 is 1.82 bits per heavy atom. The molecule has 0 radical (unpaired) electrons. The van der Waals surface area contributed by atoms with Gasteiger partial charge in [0, 0.05) is 0 Å². The number of hydrogen-bond acceptors (Lipinski definition) is 3. The lowest BCUT2D eigenvalue weighted by atomic mass is 9.86. The van der Waals surface area contributed by atoms with E-state index in [2.05, 4.69) is 36.2 Å². The first-order valence-corrected chi connectivity index (χ1v) is 5.62. The monoisotopic (exact) mass is 231 g/mol. The fraction of sp³-hybridized carbons (Fsp3) is 0.385. The van der Waals surface area contributed by atoms with E-state index >= 15 is 0 Å². The van der Waals surface area contributed by atoms with Gasteiger partial charge in [0.2, 0.25) is 0 Å². The predicted molar refractivity (Wildman–Crippen MR) is 65.6 cm³/mol. The van der Waals surface area contributed by atoms with Gasteiger partial charge in [0.1, 0.15) is 11.8 Å². The minimum absolute atomic E-state index is 0.122. The molecule has 4 heteroatoms. The van der Waals surface area contributed by atoms with E-state index in [-0.39, 0.29) is 5.41 Å². The fourth-order valence-corrected chi connectivity index (χ4v) is 1.68. The normalized spacial score (nSPS) is 13.6. The number of H-pyrrole nitrogens is 1. The van der Waals surface area contributed by atoms with Gasteiger partial charge in [-0.05, 0) is 16.5 Å². The van der Waals surface area contributed by atoms with Crippen LogP contribution in [0, 0.1) is 0 Å². The molecule has 0 aliphatic heterocycles. The van der Waals surface area contributed by atoms with Crippen LogP contribution in [0.4, 0.5) is 0 Å². The summed E-state index contributed by atoms with van der Waals surface area (Å²) in [4.78, 5) is 0. The molecule has 0 saturated carbocycles. The highest BCUT2D eigenvalue weighted by Gasteiger charge is 2.16. The highest BCUT2D eigenvalue weighted by molar-refractivity contribution is 5.31. The first kappa shape index (κ1) is 11.8. The fourth-order valence-electron chi connectivity index (χ4n) is 1.68. The van der Waals surface area contributed by atoms with Crippen LogP contribution in [0.1, 0.15) is 43.7 Å². The van der Waals surface area contributed by atoms with Crippen molar-refractivity contribution in [2.75, 3.05) is 0 Å². The Labute approximate surface area is 101 Å². The Balaban J connectivity index is 2.24. The van der Waals surface area contributed by atoms with Crippen molar-refractivity contribution in [3.05, 3.63) is 47.3 Å². The summed E-state index contributed by atoms with van der Waals surface area (Å²) in [6.45, 7) is 6.49. The van der Waals surface area contributed by atoms with Crippen LogP contribution in [0.2, 0.25) is 0 Å². The zero-order valence-electron chi connectivity index (χ0n) is 10.3. The van der Waals surface area contributed by atoms with Gasteiger partial charge in [0.15, 0.2) is 0 Å². The molecule has 1 atom stereocenters. The van der Waals surface area contributed by atoms with Gasteiger partial charge in [-0.3, -0.25) is 0 Å². The van der Waals surface area contributed by atoms with E-state index in [4.69, 9.17) is 0 Å². The number of hydrogen-bond donors (Lipinski definition) is 2. The summed E-state index contributed by atoms with van der Waals surface area (Å²) in [5, 5.41) is 20.1. The lowest BCUT2D eigenvalue weighted by Crippen LogP contribution is -2.11. The standard InChI is InChI=1S/C13H17N3O/c1-13(2,3)10-6-4-9(5-7-10)12(17)11-8-14-16-15-11/h4-8,12,17H,1-3H3,(H,14,15,16). The van der Waals surface area contributed by atoms with Gasteiger partial charge in [0.05, 0.1) is 6.20 Å². The van der Waals surface area contributed by atoms with Gasteiger partial charge >= 0.3 is 0 Å². The van der Waals surface area contributed by atoms with Gasteiger partial charge in [-0.1, -0.05) is 45.0 Å². The molecular weight excluding hydrogens is 214 g/mol. The first-order valence-electron chi connectivity index (χ1n) is 5.62. The Morgan fingerprint density at radius 1 is 1.18 bits per heavy atom. The van der Waals surface area contributed by atoms with Gasteiger partial charge in [-0.15, -0.1) is 0 Å². The molecule has 2 rings (SSSR count). The molecule has 2 N–H and O–H groups in total. The van der Waals surface area contributed by atoms with Crippen molar-refractivity contribution >= 4 is 0 Å². The van der Waals surface area contributed by atoms with E-state index < -0.39 is 6.10 Å². The van der Waals surface area contributed by atoms with Crippen molar-refractivity contribution in [3.8, 4) is 0 Å². The quantitative estimate of drug-likeness (QED) is 0.832. The number of aromatic nitrogens is 3. The smallest absolute Gasteiger partial charge is 0.124 e. The van der Waals surface area contributed by atoms with Crippen LogP contribution in [0.15, 0.2) is 30.5 Å². The van der Waals surface area contributed by atoms with Crippen LogP contribution < -0.4 is 0 Å². The maximum absolute atomic E-state index is 10.1. The Morgan fingerprint density at radius 3 is 2.29 bits per heavy atom. The minimum Gasteiger partial charge on any atom is -0.382 e. The number of aliphatic hydroxyl groups excluding tert-OH is 1. The SMILES string of the molecule is CC(C)(C)c1ccc(C(O)c2cn[nH]n2)cc1. The number of benzene rings is 1. The molecule has 0 bridgehead atoms. The Bertz CT molecular complexity index is 468. The molecule has 1 aromatic heterocycles. The molecule has 0 fully saturated rings. The van der Waals surface area contributed by atoms with Crippen LogP contribution in [0.3, 0.4) is 0 Å². The van der Waals surface area contributed by atoms with Crippen molar-refractivity contribution in [1.29, 1.82) is 0 Å². The molecule has 0 amide bonds. The molecule has 17 heavy (non-hydrogen) atoms. The van der Waals surface area contributed by atoms with Crippen LogP contribution in [0.5, 0.6) is 0 Å². The third kappa shape index (κ3) is 2.53. The summed E-state index contributed by atoms with van der Waals surface area (Å²) in [5.74, 6) is 0. The number of nitrogens with one attached hydrogen (secondary N) is 1. The average Bonchev–Trinajstić information content (AvgIpc) is 2.80. The van der Waals surface area contributed by atoms with Crippen molar-refractivity contribution in [2.24, 2.45) is 0 Å². The maximum Gasteiger partial charge on any atom is 0.124 e. The Hall–Kier alpha value is -1.68. The molecule has 90 valence electrons. The molecule has 1 heterocycles. The van der Waals surface area contributed by atoms with E-state index in [1.807, 2.05) is 24.3 Å². The summed E-state index contributed by atoms with van der Waals surface area (Å²) in [6, 6.07) is 7.94. The number of nitrogens with zero attached hydrogens (tertiary/aromatic N) is 2. The lowest BCUT2D eigenvalue weighted by Gasteiger charge is -2.19. The molecule has 0 aliphatic rings. The third-order valence-corrected chi connectivity index (χ3v) is 2.81. The molecule has 0 aliphatic carbocycles. The molecular formula is C13H17N3O. The van der Waals surface area contributed by atoms with Gasteiger partial charge in [-0.2, -0.15) is 15.4 Å². The minimum atomic E-state index is -0.720. The van der Waals surface area contributed by atoms with Gasteiger partial charge in [-0.25, -0.2) is 0 Å². The van der Waals surface area contributed by atoms with Crippen molar-refractivity contribution in [2.45, 2.75) is 32.3 Å². The van der Waals surface area contributed by atoms with E-state index in [0.717, 1.165) is 5.56 Å². The lowest BCUT2D eigenvalue weighted by molar-refractivity contribution is 0.215. The molecule has 0 spiro atoms. The van der Waals surface area contributed by atoms with Gasteiger partial charge < -0.3 is 5.11 Å². The number of aliphatic hydroxyl groups is 1. The molecule has 4 nitrogen and oxygen atoms in total. The Kier molecular flexibility index (Phi) is 2.98. The molecule has 1 aromatic carbocycles. The second-order valence-corrected chi connectivity index (χ2v) is 5.17. The topological polar surface area (TPSA) is 61.8 Å². The third-order valence-electron chi connectivity index (χ3n) is 2.81. The van der Waals surface area contributed by atoms with E-state index in [0.29, 0.717) is 5.69 Å². The predicted octanol–water partition coefficient (Wildman–Crippen LogP) is 2.18. The first-order chi connectivity index (χ1) is 7.98. The van der Waals surface area contributed by atoms with E-state index in [1.165, 1.54) is 11.8 Å². The average molecular weight is 231 g/mol. The van der Waals surface area contributed by atoms with Crippen LogP contribution in [-0.2, 0) is 5.41 Å². The van der Waals surface area contributed by atoms with Crippen molar-refractivity contribution < 1.29 is 5.11 Å². The number of rotatable bonds is 2. The zero-order valence-corrected chi connectivity index (χ0v) is 10.3. The molecule has 1 unspecified atom stereocenters.